The molecule has 0 fully saturated rings. The standard InChI is InChI=1S/C24H21N3O3S/c1-16-25-21(15-31-16)18-9-11-19(12-10-18)26-23(28)20(14-17-6-3-2-4-7-17)27-24(29)22-8-5-13-30-22/h2-13,15,20H,14H2,1H3,(H,26,28)(H,27,29)/t20-/m0/s1. The molecule has 0 aliphatic rings. The van der Waals surface area contributed by atoms with Gasteiger partial charge in [0.25, 0.3) is 5.91 Å². The summed E-state index contributed by atoms with van der Waals surface area (Å²) in [4.78, 5) is 30.0. The van der Waals surface area contributed by atoms with E-state index in [-0.39, 0.29) is 11.7 Å². The van der Waals surface area contributed by atoms with E-state index in [2.05, 4.69) is 15.6 Å². The van der Waals surface area contributed by atoms with Gasteiger partial charge in [-0.3, -0.25) is 9.59 Å². The van der Waals surface area contributed by atoms with Gasteiger partial charge in [0, 0.05) is 23.1 Å². The van der Waals surface area contributed by atoms with Gasteiger partial charge in [-0.2, -0.15) is 0 Å². The Bertz CT molecular complexity index is 1150. The lowest BCUT2D eigenvalue weighted by Crippen LogP contribution is -2.45. The first kappa shape index (κ1) is 20.6. The minimum Gasteiger partial charge on any atom is -0.459 e. The predicted molar refractivity (Wildman–Crippen MR) is 121 cm³/mol. The molecule has 2 aromatic heterocycles. The van der Waals surface area contributed by atoms with E-state index in [9.17, 15) is 9.59 Å². The maximum absolute atomic E-state index is 13.0. The Balaban J connectivity index is 1.48. The van der Waals surface area contributed by atoms with Gasteiger partial charge in [-0.25, -0.2) is 4.98 Å². The van der Waals surface area contributed by atoms with Crippen molar-refractivity contribution in [3.05, 3.63) is 94.7 Å². The van der Waals surface area contributed by atoms with Gasteiger partial charge in [0.15, 0.2) is 5.76 Å². The molecule has 0 spiro atoms. The second-order valence-corrected chi connectivity index (χ2v) is 8.07. The van der Waals surface area contributed by atoms with Gasteiger partial charge >= 0.3 is 0 Å². The zero-order valence-corrected chi connectivity index (χ0v) is 17.7. The Morgan fingerprint density at radius 3 is 2.45 bits per heavy atom. The number of benzene rings is 2. The van der Waals surface area contributed by atoms with Crippen LogP contribution in [0.3, 0.4) is 0 Å². The quantitative estimate of drug-likeness (QED) is 0.445. The van der Waals surface area contributed by atoms with Crippen molar-refractivity contribution in [1.29, 1.82) is 0 Å². The molecule has 4 aromatic rings. The number of thiazole rings is 1. The molecule has 0 unspecified atom stereocenters. The maximum atomic E-state index is 13.0. The van der Waals surface area contributed by atoms with E-state index in [0.717, 1.165) is 21.8 Å². The van der Waals surface area contributed by atoms with Gasteiger partial charge in [-0.15, -0.1) is 11.3 Å². The molecular formula is C24H21N3O3S. The van der Waals surface area contributed by atoms with E-state index in [1.54, 1.807) is 23.5 Å². The molecular weight excluding hydrogens is 410 g/mol. The number of furan rings is 1. The van der Waals surface area contributed by atoms with Gasteiger partial charge in [0.1, 0.15) is 6.04 Å². The number of carbonyl (C=O) groups excluding carboxylic acids is 2. The number of amides is 2. The summed E-state index contributed by atoms with van der Waals surface area (Å²) in [5, 5.41) is 8.68. The summed E-state index contributed by atoms with van der Waals surface area (Å²) in [6, 6.07) is 19.5. The Labute approximate surface area is 184 Å². The highest BCUT2D eigenvalue weighted by molar-refractivity contribution is 7.09. The van der Waals surface area contributed by atoms with Gasteiger partial charge in [-0.1, -0.05) is 42.5 Å². The first-order valence-corrected chi connectivity index (χ1v) is 10.7. The van der Waals surface area contributed by atoms with Crippen molar-refractivity contribution in [2.45, 2.75) is 19.4 Å². The number of rotatable bonds is 7. The lowest BCUT2D eigenvalue weighted by Gasteiger charge is -2.18. The van der Waals surface area contributed by atoms with Crippen molar-refractivity contribution in [2.75, 3.05) is 5.32 Å². The third-order valence-electron chi connectivity index (χ3n) is 4.72. The summed E-state index contributed by atoms with van der Waals surface area (Å²) in [5.41, 5.74) is 3.48. The molecule has 2 amide bonds. The molecule has 4 rings (SSSR count). The normalized spacial score (nSPS) is 11.6. The minimum atomic E-state index is -0.763. The van der Waals surface area contributed by atoms with E-state index < -0.39 is 11.9 Å². The SMILES string of the molecule is Cc1nc(-c2ccc(NC(=O)[C@H](Cc3ccccc3)NC(=O)c3ccco3)cc2)cs1. The molecule has 156 valence electrons. The van der Waals surface area contributed by atoms with Gasteiger partial charge < -0.3 is 15.1 Å². The zero-order chi connectivity index (χ0) is 21.6. The molecule has 2 N–H and O–H groups in total. The van der Waals surface area contributed by atoms with Crippen LogP contribution in [0.25, 0.3) is 11.3 Å². The van der Waals surface area contributed by atoms with E-state index >= 15 is 0 Å². The summed E-state index contributed by atoms with van der Waals surface area (Å²) >= 11 is 1.59. The largest absolute Gasteiger partial charge is 0.459 e. The van der Waals surface area contributed by atoms with Crippen LogP contribution in [0, 0.1) is 6.92 Å². The van der Waals surface area contributed by atoms with Crippen LogP contribution in [0.2, 0.25) is 0 Å². The summed E-state index contributed by atoms with van der Waals surface area (Å²) in [5.74, 6) is -0.579. The number of aromatic nitrogens is 1. The summed E-state index contributed by atoms with van der Waals surface area (Å²) in [7, 11) is 0. The molecule has 0 saturated carbocycles. The lowest BCUT2D eigenvalue weighted by molar-refractivity contribution is -0.118. The minimum absolute atomic E-state index is 0.161. The Morgan fingerprint density at radius 1 is 1.03 bits per heavy atom. The molecule has 0 radical (unpaired) electrons. The predicted octanol–water partition coefficient (Wildman–Crippen LogP) is 4.69. The fraction of sp³-hybridized carbons (Fsp3) is 0.125. The van der Waals surface area contributed by atoms with Crippen LogP contribution in [0.1, 0.15) is 21.1 Å². The van der Waals surface area contributed by atoms with Crippen molar-refractivity contribution in [2.24, 2.45) is 0 Å². The lowest BCUT2D eigenvalue weighted by atomic mass is 10.0. The molecule has 7 heteroatoms. The molecule has 31 heavy (non-hydrogen) atoms. The summed E-state index contributed by atoms with van der Waals surface area (Å²) < 4.78 is 5.15. The Morgan fingerprint density at radius 2 is 1.81 bits per heavy atom. The molecule has 0 aliphatic carbocycles. The second-order valence-electron chi connectivity index (χ2n) is 7.01. The molecule has 0 bridgehead atoms. The van der Waals surface area contributed by atoms with E-state index in [1.807, 2.05) is 66.9 Å². The first-order valence-electron chi connectivity index (χ1n) is 9.80. The van der Waals surface area contributed by atoms with E-state index in [4.69, 9.17) is 4.42 Å². The number of nitrogens with one attached hydrogen (secondary N) is 2. The molecule has 0 aliphatic heterocycles. The topological polar surface area (TPSA) is 84.2 Å². The number of anilines is 1. The van der Waals surface area contributed by atoms with Crippen LogP contribution in [0.15, 0.2) is 82.8 Å². The third-order valence-corrected chi connectivity index (χ3v) is 5.49. The smallest absolute Gasteiger partial charge is 0.287 e. The van der Waals surface area contributed by atoms with Crippen LogP contribution in [0.4, 0.5) is 5.69 Å². The molecule has 2 heterocycles. The second kappa shape index (κ2) is 9.40. The van der Waals surface area contributed by atoms with Crippen LogP contribution in [-0.2, 0) is 11.2 Å². The van der Waals surface area contributed by atoms with Crippen molar-refractivity contribution >= 4 is 28.8 Å². The van der Waals surface area contributed by atoms with E-state index in [0.29, 0.717) is 12.1 Å². The number of nitrogens with zero attached hydrogens (tertiary/aromatic N) is 1. The average Bonchev–Trinajstić information content (AvgIpc) is 3.47. The number of carbonyl (C=O) groups is 2. The fourth-order valence-electron chi connectivity index (χ4n) is 3.15. The van der Waals surface area contributed by atoms with Gasteiger partial charge in [0.2, 0.25) is 5.91 Å². The average molecular weight is 432 g/mol. The highest BCUT2D eigenvalue weighted by Gasteiger charge is 2.23. The molecule has 0 saturated heterocycles. The van der Waals surface area contributed by atoms with E-state index in [1.165, 1.54) is 6.26 Å². The van der Waals surface area contributed by atoms with Crippen molar-refractivity contribution < 1.29 is 14.0 Å². The summed E-state index contributed by atoms with van der Waals surface area (Å²) in [6.45, 7) is 1.96. The van der Waals surface area contributed by atoms with Crippen molar-refractivity contribution in [1.82, 2.24) is 10.3 Å². The number of aryl methyl sites for hydroxylation is 1. The monoisotopic (exact) mass is 431 g/mol. The van der Waals surface area contributed by atoms with Gasteiger partial charge in [0.05, 0.1) is 17.0 Å². The van der Waals surface area contributed by atoms with Crippen LogP contribution >= 0.6 is 11.3 Å². The maximum Gasteiger partial charge on any atom is 0.287 e. The Hall–Kier alpha value is -3.71. The third kappa shape index (κ3) is 5.26. The van der Waals surface area contributed by atoms with Gasteiger partial charge in [-0.05, 0) is 36.8 Å². The zero-order valence-electron chi connectivity index (χ0n) is 16.9. The Kier molecular flexibility index (Phi) is 6.24. The van der Waals surface area contributed by atoms with Crippen molar-refractivity contribution in [3.8, 4) is 11.3 Å². The number of hydrogen-bond donors (Lipinski definition) is 2. The fourth-order valence-corrected chi connectivity index (χ4v) is 3.77. The highest BCUT2D eigenvalue weighted by atomic mass is 32.1. The molecule has 6 nitrogen and oxygen atoms in total. The first-order chi connectivity index (χ1) is 15.1. The van der Waals surface area contributed by atoms with Crippen molar-refractivity contribution in [3.63, 3.8) is 0 Å². The van der Waals surface area contributed by atoms with Crippen LogP contribution < -0.4 is 10.6 Å². The molecule has 1 atom stereocenters. The highest BCUT2D eigenvalue weighted by Crippen LogP contribution is 2.23. The van der Waals surface area contributed by atoms with Crippen LogP contribution in [0.5, 0.6) is 0 Å². The summed E-state index contributed by atoms with van der Waals surface area (Å²) in [6.07, 6.45) is 1.78. The molecule has 2 aromatic carbocycles. The number of hydrogen-bond acceptors (Lipinski definition) is 5. The van der Waals surface area contributed by atoms with Crippen LogP contribution in [-0.4, -0.2) is 22.8 Å².